The molecule has 1 aromatic carbocycles. The summed E-state index contributed by atoms with van der Waals surface area (Å²) >= 11 is 0. The minimum absolute atomic E-state index is 0.182. The Hall–Kier alpha value is -1.45. The molecule has 3 atom stereocenters. The maximum atomic E-state index is 13.0. The highest BCUT2D eigenvalue weighted by Gasteiger charge is 2.39. The first-order chi connectivity index (χ1) is 9.13. The standard InChI is InChI=1S/C15H17F2NO/c16-13-4-3-11(7-14(13)17)15(19)18-8-12-6-9-1-2-10(12)5-9/h3-4,7,9-10,12H,1-2,5-6,8H2,(H,18,19)/t9-,10-,12-/m1/s1. The molecular formula is C15H17F2NO. The van der Waals surface area contributed by atoms with E-state index in [1.807, 2.05) is 0 Å². The maximum absolute atomic E-state index is 13.0. The van der Waals surface area contributed by atoms with Crippen molar-refractivity contribution in [3.8, 4) is 0 Å². The molecular weight excluding hydrogens is 248 g/mol. The van der Waals surface area contributed by atoms with Crippen LogP contribution in [0.1, 0.15) is 36.0 Å². The van der Waals surface area contributed by atoms with Gasteiger partial charge in [0.15, 0.2) is 11.6 Å². The second kappa shape index (κ2) is 4.91. The third-order valence-electron chi connectivity index (χ3n) is 4.59. The third-order valence-corrected chi connectivity index (χ3v) is 4.59. The van der Waals surface area contributed by atoms with Crippen LogP contribution in [0.4, 0.5) is 8.78 Å². The molecule has 0 aliphatic heterocycles. The number of fused-ring (bicyclic) bond motifs is 2. The largest absolute Gasteiger partial charge is 0.352 e. The van der Waals surface area contributed by atoms with Crippen molar-refractivity contribution in [3.05, 3.63) is 35.4 Å². The van der Waals surface area contributed by atoms with Gasteiger partial charge < -0.3 is 5.32 Å². The zero-order valence-corrected chi connectivity index (χ0v) is 10.7. The summed E-state index contributed by atoms with van der Waals surface area (Å²) in [4.78, 5) is 11.9. The van der Waals surface area contributed by atoms with Crippen LogP contribution in [0, 0.1) is 29.4 Å². The van der Waals surface area contributed by atoms with Gasteiger partial charge >= 0.3 is 0 Å². The fourth-order valence-electron chi connectivity index (χ4n) is 3.59. The summed E-state index contributed by atoms with van der Waals surface area (Å²) in [6.07, 6.45) is 5.10. The molecule has 3 rings (SSSR count). The molecule has 2 bridgehead atoms. The molecule has 1 aromatic rings. The summed E-state index contributed by atoms with van der Waals surface area (Å²) in [5.74, 6) is -0.0719. The van der Waals surface area contributed by atoms with Crippen LogP contribution in [-0.2, 0) is 0 Å². The third kappa shape index (κ3) is 2.48. The minimum Gasteiger partial charge on any atom is -0.352 e. The van der Waals surface area contributed by atoms with E-state index in [1.54, 1.807) is 0 Å². The fourth-order valence-corrected chi connectivity index (χ4v) is 3.59. The van der Waals surface area contributed by atoms with Crippen LogP contribution in [0.3, 0.4) is 0 Å². The molecule has 2 aliphatic carbocycles. The van der Waals surface area contributed by atoms with Crippen molar-refractivity contribution in [1.29, 1.82) is 0 Å². The molecule has 0 spiro atoms. The number of carbonyl (C=O) groups excluding carboxylic acids is 1. The summed E-state index contributed by atoms with van der Waals surface area (Å²) in [6.45, 7) is 0.652. The molecule has 2 fully saturated rings. The average molecular weight is 265 g/mol. The predicted molar refractivity (Wildman–Crippen MR) is 67.6 cm³/mol. The molecule has 0 heterocycles. The smallest absolute Gasteiger partial charge is 0.251 e. The highest BCUT2D eigenvalue weighted by molar-refractivity contribution is 5.94. The van der Waals surface area contributed by atoms with Gasteiger partial charge in [-0.05, 0) is 55.2 Å². The van der Waals surface area contributed by atoms with E-state index < -0.39 is 11.6 Å². The van der Waals surface area contributed by atoms with Gasteiger partial charge in [0.25, 0.3) is 5.91 Å². The monoisotopic (exact) mass is 265 g/mol. The molecule has 0 aromatic heterocycles. The number of benzene rings is 1. The highest BCUT2D eigenvalue weighted by atomic mass is 19.2. The number of carbonyl (C=O) groups is 1. The molecule has 2 nitrogen and oxygen atoms in total. The summed E-state index contributed by atoms with van der Waals surface area (Å²) < 4.78 is 25.8. The SMILES string of the molecule is O=C(NC[C@H]1C[C@@H]2CC[C@@H]1C2)c1ccc(F)c(F)c1. The topological polar surface area (TPSA) is 29.1 Å². The first-order valence-corrected chi connectivity index (χ1v) is 6.86. The second-order valence-electron chi connectivity index (χ2n) is 5.77. The van der Waals surface area contributed by atoms with Crippen molar-refractivity contribution >= 4 is 5.91 Å². The lowest BCUT2D eigenvalue weighted by atomic mass is 9.89. The summed E-state index contributed by atoms with van der Waals surface area (Å²) in [7, 11) is 0. The quantitative estimate of drug-likeness (QED) is 0.893. The van der Waals surface area contributed by atoms with Gasteiger partial charge in [-0.2, -0.15) is 0 Å². The fraction of sp³-hybridized carbons (Fsp3) is 0.533. The van der Waals surface area contributed by atoms with E-state index in [0.29, 0.717) is 12.5 Å². The molecule has 2 saturated carbocycles. The summed E-state index contributed by atoms with van der Waals surface area (Å²) in [5.41, 5.74) is 0.182. The van der Waals surface area contributed by atoms with Crippen LogP contribution in [0.2, 0.25) is 0 Å². The Morgan fingerprint density at radius 2 is 2.05 bits per heavy atom. The molecule has 19 heavy (non-hydrogen) atoms. The van der Waals surface area contributed by atoms with Crippen LogP contribution in [-0.4, -0.2) is 12.5 Å². The van der Waals surface area contributed by atoms with E-state index in [4.69, 9.17) is 0 Å². The van der Waals surface area contributed by atoms with Gasteiger partial charge in [0, 0.05) is 12.1 Å². The van der Waals surface area contributed by atoms with Crippen molar-refractivity contribution < 1.29 is 13.6 Å². The van der Waals surface area contributed by atoms with Gasteiger partial charge in [0.05, 0.1) is 0 Å². The maximum Gasteiger partial charge on any atom is 0.251 e. The number of halogens is 2. The van der Waals surface area contributed by atoms with Crippen molar-refractivity contribution in [1.82, 2.24) is 5.32 Å². The number of amides is 1. The normalized spacial score (nSPS) is 28.6. The van der Waals surface area contributed by atoms with Gasteiger partial charge in [-0.3, -0.25) is 4.79 Å². The Morgan fingerprint density at radius 1 is 1.21 bits per heavy atom. The first kappa shape index (κ1) is 12.6. The van der Waals surface area contributed by atoms with E-state index >= 15 is 0 Å². The first-order valence-electron chi connectivity index (χ1n) is 6.86. The highest BCUT2D eigenvalue weighted by Crippen LogP contribution is 2.47. The van der Waals surface area contributed by atoms with Crippen molar-refractivity contribution in [3.63, 3.8) is 0 Å². The molecule has 4 heteroatoms. The number of nitrogens with one attached hydrogen (secondary N) is 1. The van der Waals surface area contributed by atoms with Gasteiger partial charge in [-0.1, -0.05) is 6.42 Å². The minimum atomic E-state index is -0.979. The van der Waals surface area contributed by atoms with Crippen molar-refractivity contribution in [2.75, 3.05) is 6.54 Å². The Balaban J connectivity index is 1.57. The molecule has 0 radical (unpaired) electrons. The van der Waals surface area contributed by atoms with Crippen molar-refractivity contribution in [2.45, 2.75) is 25.7 Å². The zero-order valence-electron chi connectivity index (χ0n) is 10.7. The lowest BCUT2D eigenvalue weighted by molar-refractivity contribution is 0.0941. The van der Waals surface area contributed by atoms with Crippen LogP contribution in [0.15, 0.2) is 18.2 Å². The summed E-state index contributed by atoms with van der Waals surface area (Å²) in [6, 6.07) is 3.25. The van der Waals surface area contributed by atoms with E-state index in [2.05, 4.69) is 5.32 Å². The zero-order chi connectivity index (χ0) is 13.4. The number of hydrogen-bond acceptors (Lipinski definition) is 1. The Kier molecular flexibility index (Phi) is 3.25. The van der Waals surface area contributed by atoms with Gasteiger partial charge in [0.2, 0.25) is 0 Å². The van der Waals surface area contributed by atoms with E-state index in [1.165, 1.54) is 31.7 Å². The molecule has 0 unspecified atom stereocenters. The van der Waals surface area contributed by atoms with Crippen LogP contribution in [0.25, 0.3) is 0 Å². The molecule has 0 saturated heterocycles. The molecule has 102 valence electrons. The van der Waals surface area contributed by atoms with E-state index in [-0.39, 0.29) is 11.5 Å². The Morgan fingerprint density at radius 3 is 2.68 bits per heavy atom. The predicted octanol–water partition coefficient (Wildman–Crippen LogP) is 3.13. The Labute approximate surface area is 111 Å². The number of hydrogen-bond donors (Lipinski definition) is 1. The average Bonchev–Trinajstić information content (AvgIpc) is 3.01. The lowest BCUT2D eigenvalue weighted by Gasteiger charge is -2.21. The van der Waals surface area contributed by atoms with Gasteiger partial charge in [-0.15, -0.1) is 0 Å². The molecule has 2 aliphatic rings. The van der Waals surface area contributed by atoms with Crippen LogP contribution >= 0.6 is 0 Å². The Bertz CT molecular complexity index is 503. The molecule has 1 amide bonds. The van der Waals surface area contributed by atoms with Crippen LogP contribution < -0.4 is 5.32 Å². The van der Waals surface area contributed by atoms with Crippen molar-refractivity contribution in [2.24, 2.45) is 17.8 Å². The van der Waals surface area contributed by atoms with Gasteiger partial charge in [-0.25, -0.2) is 8.78 Å². The lowest BCUT2D eigenvalue weighted by Crippen LogP contribution is -2.31. The molecule has 1 N–H and O–H groups in total. The van der Waals surface area contributed by atoms with Crippen LogP contribution in [0.5, 0.6) is 0 Å². The van der Waals surface area contributed by atoms with E-state index in [0.717, 1.165) is 24.0 Å². The van der Waals surface area contributed by atoms with Gasteiger partial charge in [0.1, 0.15) is 0 Å². The second-order valence-corrected chi connectivity index (χ2v) is 5.77. The number of rotatable bonds is 3. The summed E-state index contributed by atoms with van der Waals surface area (Å²) in [5, 5.41) is 2.84. The van der Waals surface area contributed by atoms with E-state index in [9.17, 15) is 13.6 Å².